The van der Waals surface area contributed by atoms with Crippen LogP contribution in [0.2, 0.25) is 0 Å². The third kappa shape index (κ3) is 3.44. The van der Waals surface area contributed by atoms with Crippen molar-refractivity contribution in [3.8, 4) is 0 Å². The second-order valence-corrected chi connectivity index (χ2v) is 4.40. The van der Waals surface area contributed by atoms with Gasteiger partial charge < -0.3 is 12.4 Å². The lowest BCUT2D eigenvalue weighted by Gasteiger charge is -2.08. The predicted octanol–water partition coefficient (Wildman–Crippen LogP) is -0.849. The van der Waals surface area contributed by atoms with Crippen molar-refractivity contribution in [2.75, 3.05) is 0 Å². The molecule has 0 unspecified atom stereocenters. The SMILES string of the molecule is C[C@H](CC(=O)n1cc[n+](C)c1)c1ccccc1.[Cl-]. The van der Waals surface area contributed by atoms with Crippen LogP contribution in [0.4, 0.5) is 0 Å². The maximum Gasteiger partial charge on any atom is 0.314 e. The van der Waals surface area contributed by atoms with Crippen LogP contribution >= 0.6 is 0 Å². The highest BCUT2D eigenvalue weighted by Gasteiger charge is 2.16. The molecule has 1 aromatic heterocycles. The van der Waals surface area contributed by atoms with Crippen LogP contribution in [0.15, 0.2) is 49.1 Å². The Hall–Kier alpha value is -1.61. The molecule has 2 rings (SSSR count). The van der Waals surface area contributed by atoms with Gasteiger partial charge in [0.2, 0.25) is 0 Å². The molecule has 0 saturated carbocycles. The summed E-state index contributed by atoms with van der Waals surface area (Å²) in [5, 5.41) is 0. The van der Waals surface area contributed by atoms with Crippen molar-refractivity contribution in [3.63, 3.8) is 0 Å². The first-order valence-corrected chi connectivity index (χ1v) is 5.78. The second kappa shape index (κ2) is 6.36. The number of benzene rings is 1. The van der Waals surface area contributed by atoms with Gasteiger partial charge in [0, 0.05) is 0 Å². The molecule has 3 nitrogen and oxygen atoms in total. The number of hydrogen-bond donors (Lipinski definition) is 0. The number of imidazole rings is 1. The molecule has 0 spiro atoms. The summed E-state index contributed by atoms with van der Waals surface area (Å²) in [5.74, 6) is 0.373. The highest BCUT2D eigenvalue weighted by Crippen LogP contribution is 2.18. The van der Waals surface area contributed by atoms with Crippen LogP contribution in [0.3, 0.4) is 0 Å². The van der Waals surface area contributed by atoms with E-state index in [4.69, 9.17) is 0 Å². The summed E-state index contributed by atoms with van der Waals surface area (Å²) in [6.45, 7) is 2.08. The van der Waals surface area contributed by atoms with Gasteiger partial charge in [-0.15, -0.1) is 0 Å². The molecule has 2 aromatic rings. The molecule has 0 aliphatic rings. The van der Waals surface area contributed by atoms with Crippen LogP contribution in [-0.4, -0.2) is 10.5 Å². The Bertz CT molecular complexity index is 508. The zero-order valence-corrected chi connectivity index (χ0v) is 11.3. The molecule has 0 fully saturated rings. The van der Waals surface area contributed by atoms with Gasteiger partial charge in [0.25, 0.3) is 6.33 Å². The monoisotopic (exact) mass is 264 g/mol. The number of aromatic nitrogens is 2. The average Bonchev–Trinajstić information content (AvgIpc) is 2.77. The van der Waals surface area contributed by atoms with E-state index in [0.717, 1.165) is 0 Å². The molecule has 0 N–H and O–H groups in total. The number of aryl methyl sites for hydroxylation is 1. The number of hydrogen-bond acceptors (Lipinski definition) is 1. The van der Waals surface area contributed by atoms with Crippen molar-refractivity contribution < 1.29 is 21.8 Å². The van der Waals surface area contributed by atoms with Crippen molar-refractivity contribution in [2.45, 2.75) is 19.3 Å². The van der Waals surface area contributed by atoms with E-state index in [1.165, 1.54) is 5.56 Å². The highest BCUT2D eigenvalue weighted by molar-refractivity contribution is 5.79. The van der Waals surface area contributed by atoms with Gasteiger partial charge in [-0.3, -0.25) is 0 Å². The molecular weight excluding hydrogens is 248 g/mol. The topological polar surface area (TPSA) is 25.9 Å². The van der Waals surface area contributed by atoms with E-state index < -0.39 is 0 Å². The molecule has 96 valence electrons. The first kappa shape index (κ1) is 14.5. The van der Waals surface area contributed by atoms with Crippen LogP contribution in [0.5, 0.6) is 0 Å². The van der Waals surface area contributed by atoms with Crippen LogP contribution in [-0.2, 0) is 7.05 Å². The van der Waals surface area contributed by atoms with Crippen molar-refractivity contribution in [2.24, 2.45) is 7.05 Å². The fraction of sp³-hybridized carbons (Fsp3) is 0.286. The number of carbonyl (C=O) groups is 1. The minimum atomic E-state index is 0. The van der Waals surface area contributed by atoms with Gasteiger partial charge in [-0.2, -0.15) is 4.57 Å². The van der Waals surface area contributed by atoms with Crippen molar-refractivity contribution in [1.82, 2.24) is 4.57 Å². The zero-order valence-electron chi connectivity index (χ0n) is 10.6. The second-order valence-electron chi connectivity index (χ2n) is 4.40. The molecule has 4 heteroatoms. The largest absolute Gasteiger partial charge is 1.00 e. The van der Waals surface area contributed by atoms with E-state index in [-0.39, 0.29) is 24.2 Å². The Kier molecular flexibility index (Phi) is 5.10. The summed E-state index contributed by atoms with van der Waals surface area (Å²) in [4.78, 5) is 12.0. The Morgan fingerprint density at radius 1 is 1.33 bits per heavy atom. The van der Waals surface area contributed by atoms with E-state index in [1.807, 2.05) is 36.0 Å². The fourth-order valence-corrected chi connectivity index (χ4v) is 1.86. The third-order valence-electron chi connectivity index (χ3n) is 2.91. The number of carbonyl (C=O) groups excluding carboxylic acids is 1. The standard InChI is InChI=1S/C14H17N2O.ClH/c1-12(13-6-4-3-5-7-13)10-14(17)16-9-8-15(2)11-16;/h3-9,11-12H,10H2,1-2H3;1H/q+1;/p-1/t12-;/m1./s1. The van der Waals surface area contributed by atoms with E-state index >= 15 is 0 Å². The molecule has 1 aromatic carbocycles. The quantitative estimate of drug-likeness (QED) is 0.664. The van der Waals surface area contributed by atoms with Gasteiger partial charge in [0.1, 0.15) is 12.4 Å². The van der Waals surface area contributed by atoms with Gasteiger partial charge in [0.05, 0.1) is 13.5 Å². The van der Waals surface area contributed by atoms with Crippen molar-refractivity contribution in [3.05, 3.63) is 54.6 Å². The molecule has 1 heterocycles. The van der Waals surface area contributed by atoms with Gasteiger partial charge in [-0.25, -0.2) is 9.36 Å². The van der Waals surface area contributed by atoms with Gasteiger partial charge in [-0.05, 0) is 11.5 Å². The van der Waals surface area contributed by atoms with Crippen molar-refractivity contribution in [1.29, 1.82) is 0 Å². The molecule has 0 radical (unpaired) electrons. The number of rotatable bonds is 3. The maximum absolute atomic E-state index is 12.0. The Morgan fingerprint density at radius 3 is 2.56 bits per heavy atom. The first-order chi connectivity index (χ1) is 8.16. The summed E-state index contributed by atoms with van der Waals surface area (Å²) in [7, 11) is 1.91. The summed E-state index contributed by atoms with van der Waals surface area (Å²) < 4.78 is 3.50. The molecule has 0 bridgehead atoms. The molecule has 18 heavy (non-hydrogen) atoms. The normalized spacial score (nSPS) is 11.7. The molecule has 0 aliphatic heterocycles. The predicted molar refractivity (Wildman–Crippen MR) is 65.7 cm³/mol. The molecule has 1 atom stereocenters. The smallest absolute Gasteiger partial charge is 0.314 e. The highest BCUT2D eigenvalue weighted by atomic mass is 35.5. The van der Waals surface area contributed by atoms with Crippen molar-refractivity contribution >= 4 is 5.91 Å². The van der Waals surface area contributed by atoms with E-state index in [0.29, 0.717) is 6.42 Å². The molecule has 0 aliphatic carbocycles. The summed E-state index contributed by atoms with van der Waals surface area (Å²) in [6.07, 6.45) is 5.98. The van der Waals surface area contributed by atoms with Crippen LogP contribution in [0.25, 0.3) is 0 Å². The Morgan fingerprint density at radius 2 is 2.00 bits per heavy atom. The number of halogens is 1. The Labute approximate surface area is 113 Å². The van der Waals surface area contributed by atoms with E-state index in [9.17, 15) is 4.79 Å². The lowest BCUT2D eigenvalue weighted by molar-refractivity contribution is -0.670. The average molecular weight is 265 g/mol. The molecular formula is C14H17ClN2O. The molecule has 0 amide bonds. The summed E-state index contributed by atoms with van der Waals surface area (Å²) >= 11 is 0. The van der Waals surface area contributed by atoms with Crippen LogP contribution in [0.1, 0.15) is 29.6 Å². The fourth-order valence-electron chi connectivity index (χ4n) is 1.86. The van der Waals surface area contributed by atoms with Crippen LogP contribution < -0.4 is 17.0 Å². The molecule has 0 saturated heterocycles. The van der Waals surface area contributed by atoms with Gasteiger partial charge in [0.15, 0.2) is 0 Å². The zero-order chi connectivity index (χ0) is 12.3. The lowest BCUT2D eigenvalue weighted by Crippen LogP contribution is -3.00. The summed E-state index contributed by atoms with van der Waals surface area (Å²) in [5.41, 5.74) is 1.21. The minimum absolute atomic E-state index is 0. The van der Waals surface area contributed by atoms with Gasteiger partial charge >= 0.3 is 5.91 Å². The first-order valence-electron chi connectivity index (χ1n) is 5.78. The van der Waals surface area contributed by atoms with E-state index in [2.05, 4.69) is 19.1 Å². The van der Waals surface area contributed by atoms with Crippen LogP contribution in [0, 0.1) is 0 Å². The van der Waals surface area contributed by atoms with E-state index in [1.54, 1.807) is 17.1 Å². The maximum atomic E-state index is 12.0. The minimum Gasteiger partial charge on any atom is -1.00 e. The number of nitrogens with zero attached hydrogens (tertiary/aromatic N) is 2. The third-order valence-corrected chi connectivity index (χ3v) is 2.91. The van der Waals surface area contributed by atoms with Gasteiger partial charge in [-0.1, -0.05) is 37.3 Å². The summed E-state index contributed by atoms with van der Waals surface area (Å²) in [6, 6.07) is 10.1. The Balaban J connectivity index is 0.00000162. The lowest BCUT2D eigenvalue weighted by atomic mass is 9.98.